The van der Waals surface area contributed by atoms with Crippen molar-refractivity contribution in [1.82, 2.24) is 0 Å². The number of carbonyl (C=O) groups is 1. The summed E-state index contributed by atoms with van der Waals surface area (Å²) in [4.78, 5) is 23.6. The third-order valence-corrected chi connectivity index (χ3v) is 3.91. The van der Waals surface area contributed by atoms with Gasteiger partial charge in [-0.3, -0.25) is 10.1 Å². The van der Waals surface area contributed by atoms with Gasteiger partial charge in [0.15, 0.2) is 0 Å². The number of hydrogen-bond donors (Lipinski definition) is 0. The second-order valence-electron chi connectivity index (χ2n) is 6.11. The maximum absolute atomic E-state index is 11.4. The Morgan fingerprint density at radius 1 is 1.11 bits per heavy atom. The molecule has 0 saturated heterocycles. The van der Waals surface area contributed by atoms with Gasteiger partial charge in [-0.15, -0.1) is 0 Å². The van der Waals surface area contributed by atoms with Gasteiger partial charge in [-0.2, -0.15) is 0 Å². The number of nitro benzene ring substituents is 1. The van der Waals surface area contributed by atoms with Gasteiger partial charge in [-0.1, -0.05) is 30.9 Å². The van der Waals surface area contributed by atoms with Crippen LogP contribution in [0.25, 0.3) is 12.2 Å². The van der Waals surface area contributed by atoms with E-state index >= 15 is 0 Å². The summed E-state index contributed by atoms with van der Waals surface area (Å²) in [7, 11) is 1.93. The molecule has 2 rings (SSSR count). The van der Waals surface area contributed by atoms with Crippen LogP contribution >= 0.6 is 0 Å². The first kappa shape index (κ1) is 19.9. The summed E-state index contributed by atoms with van der Waals surface area (Å²) in [6, 6.07) is 14.3. The molecule has 0 unspecified atom stereocenters. The lowest BCUT2D eigenvalue weighted by atomic mass is 10.1. The van der Waals surface area contributed by atoms with Crippen LogP contribution in [0.1, 0.15) is 18.1 Å². The number of anilines is 1. The summed E-state index contributed by atoms with van der Waals surface area (Å²) in [6.45, 7) is 6.04. The first-order chi connectivity index (χ1) is 12.9. The molecule has 0 amide bonds. The van der Waals surface area contributed by atoms with E-state index in [9.17, 15) is 14.9 Å². The van der Waals surface area contributed by atoms with Gasteiger partial charge in [0.05, 0.1) is 11.5 Å². The Morgan fingerprint density at radius 2 is 1.63 bits per heavy atom. The van der Waals surface area contributed by atoms with Gasteiger partial charge in [0, 0.05) is 30.4 Å². The SMILES string of the molecule is C=C(C)C(=O)OCCN(C)c1ccc(/C=C/c2ccc([N+](=O)[O-])cc2)cc1. The zero-order valence-corrected chi connectivity index (χ0v) is 15.4. The highest BCUT2D eigenvalue weighted by atomic mass is 16.6. The Kier molecular flexibility index (Phi) is 6.88. The summed E-state index contributed by atoms with van der Waals surface area (Å²) in [5.74, 6) is -0.380. The molecule has 2 aromatic carbocycles. The van der Waals surface area contributed by atoms with Gasteiger partial charge in [0.2, 0.25) is 0 Å². The molecular formula is C21H22N2O4. The molecule has 27 heavy (non-hydrogen) atoms. The molecule has 0 aliphatic rings. The van der Waals surface area contributed by atoms with Crippen molar-refractivity contribution in [3.05, 3.63) is 81.9 Å². The minimum absolute atomic E-state index is 0.0773. The van der Waals surface area contributed by atoms with Crippen molar-refractivity contribution in [2.75, 3.05) is 25.1 Å². The lowest BCUT2D eigenvalue weighted by molar-refractivity contribution is -0.384. The van der Waals surface area contributed by atoms with Crippen LogP contribution in [-0.4, -0.2) is 31.1 Å². The highest BCUT2D eigenvalue weighted by Gasteiger charge is 2.05. The molecule has 0 heterocycles. The molecular weight excluding hydrogens is 344 g/mol. The van der Waals surface area contributed by atoms with Gasteiger partial charge < -0.3 is 9.64 Å². The Labute approximate surface area is 158 Å². The number of ether oxygens (including phenoxy) is 1. The predicted molar refractivity (Wildman–Crippen MR) is 108 cm³/mol. The van der Waals surface area contributed by atoms with Gasteiger partial charge >= 0.3 is 5.97 Å². The summed E-state index contributed by atoms with van der Waals surface area (Å²) in [5.41, 5.74) is 3.38. The fourth-order valence-electron chi connectivity index (χ4n) is 2.27. The number of hydrogen-bond acceptors (Lipinski definition) is 5. The minimum Gasteiger partial charge on any atom is -0.460 e. The largest absolute Gasteiger partial charge is 0.460 e. The van der Waals surface area contributed by atoms with Crippen molar-refractivity contribution in [3.8, 4) is 0 Å². The average Bonchev–Trinajstić information content (AvgIpc) is 2.66. The van der Waals surface area contributed by atoms with Crippen molar-refractivity contribution in [1.29, 1.82) is 0 Å². The van der Waals surface area contributed by atoms with Gasteiger partial charge in [0.1, 0.15) is 6.61 Å². The number of carbonyl (C=O) groups excluding carboxylic acids is 1. The van der Waals surface area contributed by atoms with Crippen molar-refractivity contribution in [2.24, 2.45) is 0 Å². The second kappa shape index (κ2) is 9.33. The summed E-state index contributed by atoms with van der Waals surface area (Å²) >= 11 is 0. The summed E-state index contributed by atoms with van der Waals surface area (Å²) in [6.07, 6.45) is 3.85. The molecule has 0 fully saturated rings. The number of nitro groups is 1. The molecule has 6 heteroatoms. The molecule has 6 nitrogen and oxygen atoms in total. The van der Waals surface area contributed by atoms with Crippen LogP contribution in [0.2, 0.25) is 0 Å². The molecule has 2 aromatic rings. The summed E-state index contributed by atoms with van der Waals surface area (Å²) < 4.78 is 5.10. The summed E-state index contributed by atoms with van der Waals surface area (Å²) in [5, 5.41) is 10.7. The second-order valence-corrected chi connectivity index (χ2v) is 6.11. The maximum atomic E-state index is 11.4. The molecule has 0 aromatic heterocycles. The van der Waals surface area contributed by atoms with Gasteiger partial charge in [0.25, 0.3) is 5.69 Å². The van der Waals surface area contributed by atoms with Crippen LogP contribution < -0.4 is 4.90 Å². The van der Waals surface area contributed by atoms with Crippen LogP contribution in [0.4, 0.5) is 11.4 Å². The van der Waals surface area contributed by atoms with E-state index in [4.69, 9.17) is 4.74 Å². The number of esters is 1. The molecule has 0 radical (unpaired) electrons. The quantitative estimate of drug-likeness (QED) is 0.229. The lowest BCUT2D eigenvalue weighted by Gasteiger charge is -2.19. The molecule has 0 bridgehead atoms. The average molecular weight is 366 g/mol. The standard InChI is InChI=1S/C21H22N2O4/c1-16(2)21(24)27-15-14-22(3)19-10-6-17(7-11-19)4-5-18-8-12-20(13-9-18)23(25)26/h4-13H,1,14-15H2,2-3H3/b5-4+. The van der Waals surface area contributed by atoms with Crippen molar-refractivity contribution in [2.45, 2.75) is 6.92 Å². The van der Waals surface area contributed by atoms with Crippen LogP contribution in [0.5, 0.6) is 0 Å². The topological polar surface area (TPSA) is 72.7 Å². The Bertz CT molecular complexity index is 839. The minimum atomic E-state index is -0.414. The maximum Gasteiger partial charge on any atom is 0.333 e. The van der Waals surface area contributed by atoms with E-state index in [-0.39, 0.29) is 11.7 Å². The molecule has 140 valence electrons. The van der Waals surface area contributed by atoms with Crippen molar-refractivity contribution in [3.63, 3.8) is 0 Å². The fourth-order valence-corrected chi connectivity index (χ4v) is 2.27. The van der Waals surface area contributed by atoms with E-state index in [0.717, 1.165) is 16.8 Å². The third-order valence-electron chi connectivity index (χ3n) is 3.91. The van der Waals surface area contributed by atoms with E-state index in [0.29, 0.717) is 18.7 Å². The van der Waals surface area contributed by atoms with E-state index < -0.39 is 4.92 Å². The lowest BCUT2D eigenvalue weighted by Crippen LogP contribution is -2.23. The smallest absolute Gasteiger partial charge is 0.333 e. The number of benzene rings is 2. The normalized spacial score (nSPS) is 10.6. The molecule has 0 atom stereocenters. The van der Waals surface area contributed by atoms with Crippen molar-refractivity contribution < 1.29 is 14.5 Å². The number of rotatable bonds is 8. The van der Waals surface area contributed by atoms with Crippen LogP contribution in [0, 0.1) is 10.1 Å². The Balaban J connectivity index is 1.91. The van der Waals surface area contributed by atoms with Gasteiger partial charge in [-0.05, 0) is 42.3 Å². The van der Waals surface area contributed by atoms with Crippen LogP contribution in [0.15, 0.2) is 60.7 Å². The number of non-ortho nitro benzene ring substituents is 1. The fraction of sp³-hybridized carbons (Fsp3) is 0.190. The van der Waals surface area contributed by atoms with Gasteiger partial charge in [-0.25, -0.2) is 4.79 Å². The van der Waals surface area contributed by atoms with E-state index in [1.807, 2.05) is 48.4 Å². The molecule has 0 N–H and O–H groups in total. The van der Waals surface area contributed by atoms with Crippen LogP contribution in [0.3, 0.4) is 0 Å². The van der Waals surface area contributed by atoms with E-state index in [1.165, 1.54) is 12.1 Å². The van der Waals surface area contributed by atoms with Crippen LogP contribution in [-0.2, 0) is 9.53 Å². The first-order valence-corrected chi connectivity index (χ1v) is 8.43. The Morgan fingerprint density at radius 3 is 2.11 bits per heavy atom. The molecule has 0 aliphatic heterocycles. The molecule has 0 aliphatic carbocycles. The predicted octanol–water partition coefficient (Wildman–Crippen LogP) is 4.32. The monoisotopic (exact) mass is 366 g/mol. The Hall–Kier alpha value is -3.41. The highest BCUT2D eigenvalue weighted by molar-refractivity contribution is 5.86. The number of nitrogens with zero attached hydrogens (tertiary/aromatic N) is 2. The first-order valence-electron chi connectivity index (χ1n) is 8.43. The van der Waals surface area contributed by atoms with Crippen molar-refractivity contribution >= 4 is 29.5 Å². The zero-order chi connectivity index (χ0) is 19.8. The van der Waals surface area contributed by atoms with E-state index in [2.05, 4.69) is 6.58 Å². The highest BCUT2D eigenvalue weighted by Crippen LogP contribution is 2.17. The zero-order valence-electron chi connectivity index (χ0n) is 15.4. The third kappa shape index (κ3) is 6.11. The molecule has 0 saturated carbocycles. The number of likely N-dealkylation sites (N-methyl/N-ethyl adjacent to an activating group) is 1. The van der Waals surface area contributed by atoms with E-state index in [1.54, 1.807) is 19.1 Å². The molecule has 0 spiro atoms.